The first-order valence-electron chi connectivity index (χ1n) is 10.3. The van der Waals surface area contributed by atoms with E-state index in [9.17, 15) is 32.4 Å². The molecule has 1 aliphatic heterocycles. The molecule has 0 saturated heterocycles. The van der Waals surface area contributed by atoms with Gasteiger partial charge in [0.2, 0.25) is 0 Å². The molecule has 1 unspecified atom stereocenters. The highest BCUT2D eigenvalue weighted by Gasteiger charge is 2.44. The third kappa shape index (κ3) is 5.54. The van der Waals surface area contributed by atoms with E-state index in [1.165, 1.54) is 0 Å². The van der Waals surface area contributed by atoms with E-state index in [0.717, 1.165) is 31.3 Å². The number of nitrogens with two attached hydrogens (primary N) is 1. The van der Waals surface area contributed by atoms with Crippen LogP contribution in [0.5, 0.6) is 5.75 Å². The molecule has 2 aromatic carbocycles. The molecule has 1 atom stereocenters. The molecule has 13 heteroatoms. The summed E-state index contributed by atoms with van der Waals surface area (Å²) in [6, 6.07) is 11.6. The number of benzene rings is 2. The van der Waals surface area contributed by atoms with Crippen LogP contribution in [0.4, 0.5) is 23.2 Å². The lowest BCUT2D eigenvalue weighted by Crippen LogP contribution is -2.41. The predicted molar refractivity (Wildman–Crippen MR) is 125 cm³/mol. The number of nitrogens with zero attached hydrogens (tertiary/aromatic N) is 2. The zero-order chi connectivity index (χ0) is 27.5. The highest BCUT2D eigenvalue weighted by molar-refractivity contribution is 9.10. The number of nitriles is 1. The summed E-state index contributed by atoms with van der Waals surface area (Å²) in [4.78, 5) is 26.9. The molecule has 0 spiro atoms. The van der Waals surface area contributed by atoms with Crippen LogP contribution in [-0.4, -0.2) is 38.9 Å². The quantitative estimate of drug-likeness (QED) is 0.392. The van der Waals surface area contributed by atoms with Crippen molar-refractivity contribution < 1.29 is 41.4 Å². The lowest BCUT2D eigenvalue weighted by Gasteiger charge is -2.36. The first-order valence-corrected chi connectivity index (χ1v) is 11.1. The molecule has 3 rings (SSSR count). The highest BCUT2D eigenvalue weighted by atomic mass is 79.9. The van der Waals surface area contributed by atoms with Crippen LogP contribution in [0.15, 0.2) is 69.6 Å². The summed E-state index contributed by atoms with van der Waals surface area (Å²) in [5.74, 6) is -5.43. The number of hydrogen-bond donors (Lipinski definition) is 1. The first-order chi connectivity index (χ1) is 17.4. The van der Waals surface area contributed by atoms with Gasteiger partial charge < -0.3 is 19.9 Å². The first kappa shape index (κ1) is 27.5. The Morgan fingerprint density at radius 2 is 1.76 bits per heavy atom. The molecule has 2 N–H and O–H groups in total. The van der Waals surface area contributed by atoms with Crippen LogP contribution < -0.4 is 15.4 Å². The molecule has 0 fully saturated rings. The standard InChI is InChI=1S/C24H18BrF4N3O5/c1-35-22(33)19-18(12-6-4-3-5-7-12)13(10-30)21(31)32(20(19)23(34)36-2)16-9-15(26)14(25)8-17(16)37-11-24(27,28)29/h3-9,18H,11,31H2,1-2H3. The van der Waals surface area contributed by atoms with Gasteiger partial charge in [0.05, 0.1) is 47.5 Å². The van der Waals surface area contributed by atoms with Gasteiger partial charge in [0.25, 0.3) is 0 Å². The second-order valence-corrected chi connectivity index (χ2v) is 8.33. The van der Waals surface area contributed by atoms with Gasteiger partial charge in [0.15, 0.2) is 6.61 Å². The van der Waals surface area contributed by atoms with Crippen LogP contribution in [0.1, 0.15) is 11.5 Å². The maximum absolute atomic E-state index is 14.7. The fourth-order valence-corrected chi connectivity index (χ4v) is 4.05. The largest absolute Gasteiger partial charge is 0.482 e. The van der Waals surface area contributed by atoms with Gasteiger partial charge in [-0.15, -0.1) is 0 Å². The minimum absolute atomic E-state index is 0.257. The summed E-state index contributed by atoms with van der Waals surface area (Å²) in [7, 11) is 2.02. The molecule has 0 saturated carbocycles. The Bertz CT molecular complexity index is 1340. The van der Waals surface area contributed by atoms with E-state index in [2.05, 4.69) is 15.9 Å². The van der Waals surface area contributed by atoms with E-state index < -0.39 is 65.0 Å². The van der Waals surface area contributed by atoms with Crippen molar-refractivity contribution in [2.24, 2.45) is 5.73 Å². The van der Waals surface area contributed by atoms with Crippen LogP contribution in [0.2, 0.25) is 0 Å². The van der Waals surface area contributed by atoms with E-state index in [0.29, 0.717) is 5.56 Å². The zero-order valence-electron chi connectivity index (χ0n) is 19.2. The number of carbonyl (C=O) groups excluding carboxylic acids is 2. The smallest absolute Gasteiger partial charge is 0.422 e. The van der Waals surface area contributed by atoms with Crippen LogP contribution in [0.25, 0.3) is 0 Å². The van der Waals surface area contributed by atoms with Gasteiger partial charge in [0.1, 0.15) is 23.1 Å². The van der Waals surface area contributed by atoms with Gasteiger partial charge in [0, 0.05) is 6.07 Å². The minimum Gasteiger partial charge on any atom is -0.482 e. The molecule has 1 aliphatic rings. The second-order valence-electron chi connectivity index (χ2n) is 7.47. The number of carbonyl (C=O) groups is 2. The van der Waals surface area contributed by atoms with Crippen molar-refractivity contribution in [1.82, 2.24) is 0 Å². The van der Waals surface area contributed by atoms with E-state index in [1.807, 2.05) is 6.07 Å². The molecule has 0 aliphatic carbocycles. The molecule has 0 amide bonds. The maximum Gasteiger partial charge on any atom is 0.422 e. The number of esters is 2. The van der Waals surface area contributed by atoms with Crippen molar-refractivity contribution in [3.8, 4) is 11.8 Å². The molecule has 2 aromatic rings. The Morgan fingerprint density at radius 1 is 1.14 bits per heavy atom. The van der Waals surface area contributed by atoms with Crippen LogP contribution >= 0.6 is 15.9 Å². The number of rotatable bonds is 6. The third-order valence-electron chi connectivity index (χ3n) is 5.24. The number of alkyl halides is 3. The number of anilines is 1. The van der Waals surface area contributed by atoms with Gasteiger partial charge in [-0.25, -0.2) is 14.0 Å². The third-order valence-corrected chi connectivity index (χ3v) is 5.85. The number of methoxy groups -OCH3 is 2. The molecule has 0 aromatic heterocycles. The summed E-state index contributed by atoms with van der Waals surface area (Å²) in [5.41, 5.74) is 4.91. The molecule has 194 valence electrons. The summed E-state index contributed by atoms with van der Waals surface area (Å²) < 4.78 is 67.9. The van der Waals surface area contributed by atoms with E-state index in [-0.39, 0.29) is 10.0 Å². The van der Waals surface area contributed by atoms with E-state index in [1.54, 1.807) is 30.3 Å². The molecular formula is C24H18BrF4N3O5. The average molecular weight is 584 g/mol. The number of hydrogen-bond acceptors (Lipinski definition) is 8. The van der Waals surface area contributed by atoms with Crippen molar-refractivity contribution in [3.63, 3.8) is 0 Å². The van der Waals surface area contributed by atoms with Gasteiger partial charge in [-0.05, 0) is 27.6 Å². The number of halogens is 5. The maximum atomic E-state index is 14.7. The molecule has 0 radical (unpaired) electrons. The summed E-state index contributed by atoms with van der Waals surface area (Å²) in [5, 5.41) is 10.0. The second kappa shape index (κ2) is 10.9. The van der Waals surface area contributed by atoms with Crippen molar-refractivity contribution in [1.29, 1.82) is 5.26 Å². The van der Waals surface area contributed by atoms with Crippen molar-refractivity contribution in [2.45, 2.75) is 12.1 Å². The lowest BCUT2D eigenvalue weighted by atomic mass is 9.81. The Labute approximate surface area is 216 Å². The summed E-state index contributed by atoms with van der Waals surface area (Å²) in [6.07, 6.45) is -4.77. The summed E-state index contributed by atoms with van der Waals surface area (Å²) >= 11 is 2.88. The Hall–Kier alpha value is -4.05. The van der Waals surface area contributed by atoms with E-state index in [4.69, 9.17) is 19.9 Å². The zero-order valence-corrected chi connectivity index (χ0v) is 20.8. The van der Waals surface area contributed by atoms with Gasteiger partial charge >= 0.3 is 18.1 Å². The van der Waals surface area contributed by atoms with Crippen molar-refractivity contribution >= 4 is 33.6 Å². The van der Waals surface area contributed by atoms with Gasteiger partial charge in [-0.2, -0.15) is 18.4 Å². The molecular weight excluding hydrogens is 566 g/mol. The topological polar surface area (TPSA) is 115 Å². The van der Waals surface area contributed by atoms with Crippen molar-refractivity contribution in [3.05, 3.63) is 81.0 Å². The molecule has 1 heterocycles. The molecule has 0 bridgehead atoms. The summed E-state index contributed by atoms with van der Waals surface area (Å²) in [6.45, 7) is -1.77. The normalized spacial score (nSPS) is 15.8. The van der Waals surface area contributed by atoms with Crippen LogP contribution in [0.3, 0.4) is 0 Å². The molecule has 8 nitrogen and oxygen atoms in total. The Kier molecular flexibility index (Phi) is 8.12. The Morgan fingerprint density at radius 3 is 2.30 bits per heavy atom. The number of ether oxygens (including phenoxy) is 3. The predicted octanol–water partition coefficient (Wildman–Crippen LogP) is 4.43. The lowest BCUT2D eigenvalue weighted by molar-refractivity contribution is -0.153. The van der Waals surface area contributed by atoms with E-state index >= 15 is 0 Å². The fourth-order valence-electron chi connectivity index (χ4n) is 3.73. The van der Waals surface area contributed by atoms with Gasteiger partial charge in [-0.3, -0.25) is 4.90 Å². The van der Waals surface area contributed by atoms with Gasteiger partial charge in [-0.1, -0.05) is 30.3 Å². The minimum atomic E-state index is -4.77. The van der Waals surface area contributed by atoms with Crippen LogP contribution in [-0.2, 0) is 19.1 Å². The highest BCUT2D eigenvalue weighted by Crippen LogP contribution is 2.46. The Balaban J connectivity index is 2.42. The SMILES string of the molecule is COC(=O)C1=C(C(=O)OC)N(c2cc(F)c(Br)cc2OCC(F)(F)F)C(N)=C(C#N)C1c1ccccc1. The fraction of sp³-hybridized carbons (Fsp3) is 0.208. The monoisotopic (exact) mass is 583 g/mol. The van der Waals surface area contributed by atoms with Crippen LogP contribution in [0, 0.1) is 17.1 Å². The van der Waals surface area contributed by atoms with Crippen molar-refractivity contribution in [2.75, 3.05) is 25.7 Å². The number of allylic oxidation sites excluding steroid dienone is 1. The molecule has 37 heavy (non-hydrogen) atoms. The average Bonchev–Trinajstić information content (AvgIpc) is 2.87.